The molecule has 0 aliphatic rings. The van der Waals surface area contributed by atoms with E-state index in [1.165, 1.54) is 0 Å². The van der Waals surface area contributed by atoms with Gasteiger partial charge in [-0.25, -0.2) is 0 Å². The second-order valence-electron chi connectivity index (χ2n) is 0.0690. The van der Waals surface area contributed by atoms with E-state index in [2.05, 4.69) is 11.2 Å². The second-order valence-corrected chi connectivity index (χ2v) is 0.621. The molecule has 5 heteroatoms. The summed E-state index contributed by atoms with van der Waals surface area (Å²) in [4.78, 5) is 0. The molecule has 0 N–H and O–H groups in total. The standard InChI is InChI=1S/ClOP.2FH/c1-3-2;;/h;2*1H. The van der Waals surface area contributed by atoms with Crippen LogP contribution in [-0.4, -0.2) is 0 Å². The van der Waals surface area contributed by atoms with Crippen LogP contribution in [0.25, 0.3) is 0 Å². The molecule has 5 heavy (non-hydrogen) atoms. The first-order chi connectivity index (χ1) is 1.41. The van der Waals surface area contributed by atoms with E-state index in [1.807, 2.05) is 0 Å². The van der Waals surface area contributed by atoms with E-state index >= 15 is 0 Å². The smallest absolute Gasteiger partial charge is 0.267 e. The van der Waals surface area contributed by atoms with Gasteiger partial charge in [0.15, 0.2) is 0 Å². The van der Waals surface area contributed by atoms with Crippen molar-refractivity contribution in [3.63, 3.8) is 0 Å². The molecule has 34 valence electrons. The van der Waals surface area contributed by atoms with E-state index in [4.69, 9.17) is 4.57 Å². The topological polar surface area (TPSA) is 17.1 Å². The lowest BCUT2D eigenvalue weighted by Gasteiger charge is -1.16. The average molecular weight is 122 g/mol. The van der Waals surface area contributed by atoms with E-state index in [9.17, 15) is 0 Å². The van der Waals surface area contributed by atoms with E-state index < -0.39 is 0 Å². The van der Waals surface area contributed by atoms with Crippen molar-refractivity contribution in [3.8, 4) is 0 Å². The molecule has 0 fully saturated rings. The summed E-state index contributed by atoms with van der Waals surface area (Å²) < 4.78 is 8.67. The van der Waals surface area contributed by atoms with Gasteiger partial charge in [-0.2, -0.15) is 0 Å². The summed E-state index contributed by atoms with van der Waals surface area (Å²) >= 11 is 4.42. The predicted molar refractivity (Wildman–Crippen MR) is 18.5 cm³/mol. The zero-order valence-electron chi connectivity index (χ0n) is 2.05. The third kappa shape index (κ3) is 344. The lowest BCUT2D eigenvalue weighted by Crippen LogP contribution is -0.706. The van der Waals surface area contributed by atoms with Gasteiger partial charge in [-0.1, -0.05) is 0 Å². The van der Waals surface area contributed by atoms with Gasteiger partial charge in [0.1, 0.15) is 0 Å². The molecular formula is H2ClF2OP. The highest BCUT2D eigenvalue weighted by Crippen LogP contribution is 1.92. The first-order valence-corrected chi connectivity index (χ1v) is 2.07. The molecule has 1 nitrogen and oxygen atoms in total. The van der Waals surface area contributed by atoms with Crippen LogP contribution in [0.2, 0.25) is 0 Å². The lowest BCUT2D eigenvalue weighted by molar-refractivity contribution is 0.605. The Morgan fingerprint density at radius 3 is 1.40 bits per heavy atom. The van der Waals surface area contributed by atoms with Crippen molar-refractivity contribution in [2.75, 3.05) is 0 Å². The van der Waals surface area contributed by atoms with Gasteiger partial charge in [-0.05, 0) is 11.2 Å². The summed E-state index contributed by atoms with van der Waals surface area (Å²) in [6.45, 7) is 0. The number of rotatable bonds is 0. The highest BCUT2D eigenvalue weighted by atomic mass is 35.7. The van der Waals surface area contributed by atoms with Gasteiger partial charge in [0, 0.05) is 0 Å². The maximum atomic E-state index is 8.67. The highest BCUT2D eigenvalue weighted by Gasteiger charge is 1.33. The molecule has 0 unspecified atom stereocenters. The van der Waals surface area contributed by atoms with Crippen LogP contribution in [0.5, 0.6) is 0 Å². The van der Waals surface area contributed by atoms with Crippen LogP contribution in [0.15, 0.2) is 0 Å². The molecule has 0 spiro atoms. The Balaban J connectivity index is -0.0000000200. The number of halogens is 3. The Hall–Kier alpha value is 0.250. The van der Waals surface area contributed by atoms with Crippen LogP contribution < -0.4 is 0 Å². The van der Waals surface area contributed by atoms with Crippen LogP contribution in [0.4, 0.5) is 9.41 Å². The first kappa shape index (κ1) is 18.7. The Morgan fingerprint density at radius 1 is 1.40 bits per heavy atom. The van der Waals surface area contributed by atoms with Crippen LogP contribution in [-0.2, 0) is 4.57 Å². The minimum atomic E-state index is -0.361. The van der Waals surface area contributed by atoms with Crippen LogP contribution >= 0.6 is 19.1 Å². The Kier molecular flexibility index (Phi) is 108. The van der Waals surface area contributed by atoms with Gasteiger partial charge in [0.25, 0.3) is 7.81 Å². The van der Waals surface area contributed by atoms with Crippen LogP contribution in [0.3, 0.4) is 0 Å². The maximum Gasteiger partial charge on any atom is 0.267 e. The minimum Gasteiger partial charge on any atom is -0.269 e. The van der Waals surface area contributed by atoms with Gasteiger partial charge in [0.05, 0.1) is 0 Å². The fourth-order valence-corrected chi connectivity index (χ4v) is 0. The third-order valence-electron chi connectivity index (χ3n) is 0. The minimum absolute atomic E-state index is 0. The molecule has 0 saturated carbocycles. The van der Waals surface area contributed by atoms with Crippen molar-refractivity contribution in [2.45, 2.75) is 0 Å². The molecule has 0 rings (SSSR count). The Labute approximate surface area is 34.0 Å². The van der Waals surface area contributed by atoms with Crippen LogP contribution in [0, 0.1) is 0 Å². The fourth-order valence-electron chi connectivity index (χ4n) is 0. The zero-order chi connectivity index (χ0) is 2.71. The number of hydrogen-bond acceptors (Lipinski definition) is 1. The molecule has 0 aromatic carbocycles. The van der Waals surface area contributed by atoms with Crippen molar-refractivity contribution in [1.82, 2.24) is 0 Å². The molecule has 0 aromatic rings. The summed E-state index contributed by atoms with van der Waals surface area (Å²) in [6, 6.07) is 0. The quantitative estimate of drug-likeness (QED) is 0.447. The average Bonchev–Trinajstić information content (AvgIpc) is 0.918. The van der Waals surface area contributed by atoms with Crippen molar-refractivity contribution < 1.29 is 14.0 Å². The van der Waals surface area contributed by atoms with E-state index in [-0.39, 0.29) is 17.2 Å². The van der Waals surface area contributed by atoms with Crippen molar-refractivity contribution >= 4 is 19.1 Å². The largest absolute Gasteiger partial charge is 0.269 e. The van der Waals surface area contributed by atoms with Crippen molar-refractivity contribution in [3.05, 3.63) is 0 Å². The van der Waals surface area contributed by atoms with E-state index in [0.717, 1.165) is 0 Å². The van der Waals surface area contributed by atoms with Gasteiger partial charge in [-0.15, -0.1) is 0 Å². The maximum absolute atomic E-state index is 8.67. The molecule has 0 atom stereocenters. The molecule has 0 bridgehead atoms. The summed E-state index contributed by atoms with van der Waals surface area (Å²) in [7, 11) is -0.361. The molecule has 0 saturated heterocycles. The molecule has 0 heterocycles. The third-order valence-corrected chi connectivity index (χ3v) is 0. The Morgan fingerprint density at radius 2 is 1.40 bits per heavy atom. The highest BCUT2D eigenvalue weighted by molar-refractivity contribution is 7.57. The second kappa shape index (κ2) is 28.7. The zero-order valence-corrected chi connectivity index (χ0v) is 3.70. The number of hydrogen-bond donors (Lipinski definition) is 0. The van der Waals surface area contributed by atoms with Crippen molar-refractivity contribution in [2.24, 2.45) is 0 Å². The van der Waals surface area contributed by atoms with Gasteiger partial charge >= 0.3 is 0 Å². The van der Waals surface area contributed by atoms with Gasteiger partial charge in [0.2, 0.25) is 0 Å². The van der Waals surface area contributed by atoms with Crippen molar-refractivity contribution in [1.29, 1.82) is 0 Å². The molecule has 0 aliphatic carbocycles. The molecule has 0 radical (unpaired) electrons. The Bertz CT molecular complexity index is 17.1. The lowest BCUT2D eigenvalue weighted by atomic mass is 16.0. The van der Waals surface area contributed by atoms with E-state index in [1.54, 1.807) is 0 Å². The molecule has 0 aromatic heterocycles. The summed E-state index contributed by atoms with van der Waals surface area (Å²) in [5.41, 5.74) is 0. The molecule has 0 aliphatic heterocycles. The summed E-state index contributed by atoms with van der Waals surface area (Å²) in [5, 5.41) is 0. The van der Waals surface area contributed by atoms with Gasteiger partial charge < -0.3 is 0 Å². The summed E-state index contributed by atoms with van der Waals surface area (Å²) in [5.74, 6) is 0. The van der Waals surface area contributed by atoms with Gasteiger partial charge in [-0.3, -0.25) is 14.0 Å². The molecule has 0 amide bonds. The first-order valence-electron chi connectivity index (χ1n) is 0.352. The van der Waals surface area contributed by atoms with E-state index in [0.29, 0.717) is 0 Å². The molecular weight excluding hydrogens is 120 g/mol. The fraction of sp³-hybridized carbons (Fsp3) is 0. The summed E-state index contributed by atoms with van der Waals surface area (Å²) in [6.07, 6.45) is 0. The normalized spacial score (nSPS) is 4.20. The monoisotopic (exact) mass is 122 g/mol. The predicted octanol–water partition coefficient (Wildman–Crippen LogP) is 1.74. The SMILES string of the molecule is F.F.O=PCl. The van der Waals surface area contributed by atoms with Crippen LogP contribution in [0.1, 0.15) is 0 Å².